The van der Waals surface area contributed by atoms with Crippen molar-refractivity contribution in [2.75, 3.05) is 4.72 Å². The zero-order valence-corrected chi connectivity index (χ0v) is 18.9. The number of hydrogen-bond donors (Lipinski definition) is 1. The first kappa shape index (κ1) is 20.9. The van der Waals surface area contributed by atoms with Crippen molar-refractivity contribution in [1.29, 1.82) is 0 Å². The Kier molecular flexibility index (Phi) is 5.89. The highest BCUT2D eigenvalue weighted by atomic mass is 79.9. The van der Waals surface area contributed by atoms with Gasteiger partial charge in [0, 0.05) is 11.2 Å². The molecule has 0 bridgehead atoms. The van der Waals surface area contributed by atoms with Crippen LogP contribution < -0.4 is 4.72 Å². The molecule has 0 saturated carbocycles. The molecular formula is C20H21BrClN3O2S. The molecule has 0 unspecified atom stereocenters. The molecule has 0 fully saturated rings. The zero-order valence-electron chi connectivity index (χ0n) is 15.8. The normalized spacial score (nSPS) is 12.2. The second kappa shape index (κ2) is 7.89. The van der Waals surface area contributed by atoms with E-state index in [1.54, 1.807) is 35.1 Å². The maximum Gasteiger partial charge on any atom is 0.263 e. The van der Waals surface area contributed by atoms with E-state index in [1.165, 1.54) is 0 Å². The summed E-state index contributed by atoms with van der Waals surface area (Å²) in [5.74, 6) is 0.244. The lowest BCUT2D eigenvalue weighted by Crippen LogP contribution is -2.15. The van der Waals surface area contributed by atoms with Gasteiger partial charge in [-0.05, 0) is 56.7 Å². The third-order valence-electron chi connectivity index (χ3n) is 4.24. The van der Waals surface area contributed by atoms with Crippen molar-refractivity contribution in [3.63, 3.8) is 0 Å². The number of rotatable bonds is 5. The van der Waals surface area contributed by atoms with Crippen LogP contribution in [0.5, 0.6) is 0 Å². The van der Waals surface area contributed by atoms with Crippen LogP contribution in [0.2, 0.25) is 5.02 Å². The molecule has 0 amide bonds. The van der Waals surface area contributed by atoms with Crippen LogP contribution >= 0.6 is 27.5 Å². The number of sulfonamides is 1. The van der Waals surface area contributed by atoms with Gasteiger partial charge in [-0.2, -0.15) is 5.10 Å². The fourth-order valence-corrected chi connectivity index (χ4v) is 4.33. The molecule has 28 heavy (non-hydrogen) atoms. The van der Waals surface area contributed by atoms with Gasteiger partial charge in [0.15, 0.2) is 5.82 Å². The number of aromatic nitrogens is 2. The zero-order chi connectivity index (χ0) is 20.5. The first-order chi connectivity index (χ1) is 13.0. The minimum atomic E-state index is -3.74. The highest BCUT2D eigenvalue weighted by Gasteiger charge is 2.20. The van der Waals surface area contributed by atoms with Crippen molar-refractivity contribution in [3.8, 4) is 0 Å². The van der Waals surface area contributed by atoms with Gasteiger partial charge in [-0.3, -0.25) is 9.40 Å². The summed E-state index contributed by atoms with van der Waals surface area (Å²) < 4.78 is 30.2. The molecule has 0 aliphatic carbocycles. The summed E-state index contributed by atoms with van der Waals surface area (Å²) >= 11 is 9.28. The molecule has 1 heterocycles. The smallest absolute Gasteiger partial charge is 0.263 e. The Morgan fingerprint density at radius 1 is 1.07 bits per heavy atom. The van der Waals surface area contributed by atoms with E-state index >= 15 is 0 Å². The lowest BCUT2D eigenvalue weighted by molar-refractivity contribution is 0.587. The van der Waals surface area contributed by atoms with Gasteiger partial charge < -0.3 is 0 Å². The number of nitrogens with one attached hydrogen (secondary N) is 1. The van der Waals surface area contributed by atoms with Crippen molar-refractivity contribution in [2.45, 2.75) is 37.6 Å². The maximum atomic E-state index is 12.7. The van der Waals surface area contributed by atoms with Crippen LogP contribution in [0.3, 0.4) is 0 Å². The molecule has 5 nitrogen and oxygen atoms in total. The average Bonchev–Trinajstić information content (AvgIpc) is 2.95. The van der Waals surface area contributed by atoms with Crippen LogP contribution in [0.4, 0.5) is 5.82 Å². The first-order valence-corrected chi connectivity index (χ1v) is 11.3. The predicted octanol–water partition coefficient (Wildman–Crippen LogP) is 5.45. The standard InChI is InChI=1S/C20H21BrClN3O2S/c1-20(2,3)15-6-10-17(11-7-15)28(26,27)24-19-18(21)13-25(23-19)12-14-4-8-16(22)9-5-14/h4-11,13H,12H2,1-3H3,(H,23,24). The molecule has 0 atom stereocenters. The number of hydrogen-bond acceptors (Lipinski definition) is 3. The van der Waals surface area contributed by atoms with Gasteiger partial charge in [0.1, 0.15) is 0 Å². The Hall–Kier alpha value is -1.83. The lowest BCUT2D eigenvalue weighted by atomic mass is 9.87. The summed E-state index contributed by atoms with van der Waals surface area (Å²) in [7, 11) is -3.74. The highest BCUT2D eigenvalue weighted by Crippen LogP contribution is 2.26. The third kappa shape index (κ3) is 4.96. The maximum absolute atomic E-state index is 12.7. The molecule has 0 aliphatic rings. The molecule has 148 valence electrons. The number of benzene rings is 2. The summed E-state index contributed by atoms with van der Waals surface area (Å²) in [5, 5.41) is 5.00. The monoisotopic (exact) mass is 481 g/mol. The third-order valence-corrected chi connectivity index (χ3v) is 6.42. The van der Waals surface area contributed by atoms with Crippen LogP contribution in [-0.4, -0.2) is 18.2 Å². The Bertz CT molecular complexity index is 1070. The van der Waals surface area contributed by atoms with Crippen molar-refractivity contribution >= 4 is 43.4 Å². The van der Waals surface area contributed by atoms with E-state index in [1.807, 2.05) is 24.3 Å². The molecule has 0 aliphatic heterocycles. The van der Waals surface area contributed by atoms with E-state index in [0.717, 1.165) is 11.1 Å². The summed E-state index contributed by atoms with van der Waals surface area (Å²) in [4.78, 5) is 0.194. The quantitative estimate of drug-likeness (QED) is 0.526. The molecule has 3 aromatic rings. The van der Waals surface area contributed by atoms with Crippen molar-refractivity contribution in [2.24, 2.45) is 0 Å². The van der Waals surface area contributed by atoms with Crippen molar-refractivity contribution < 1.29 is 8.42 Å². The van der Waals surface area contributed by atoms with Gasteiger partial charge in [-0.25, -0.2) is 8.42 Å². The Morgan fingerprint density at radius 2 is 1.68 bits per heavy atom. The van der Waals surface area contributed by atoms with Gasteiger partial charge in [-0.1, -0.05) is 56.6 Å². The highest BCUT2D eigenvalue weighted by molar-refractivity contribution is 9.10. The van der Waals surface area contributed by atoms with Crippen LogP contribution in [0.1, 0.15) is 31.9 Å². The molecule has 2 aromatic carbocycles. The first-order valence-electron chi connectivity index (χ1n) is 8.65. The Morgan fingerprint density at radius 3 is 2.25 bits per heavy atom. The number of anilines is 1. The fourth-order valence-electron chi connectivity index (χ4n) is 2.64. The lowest BCUT2D eigenvalue weighted by Gasteiger charge is -2.19. The molecule has 1 N–H and O–H groups in total. The van der Waals surface area contributed by atoms with E-state index in [4.69, 9.17) is 11.6 Å². The van der Waals surface area contributed by atoms with Gasteiger partial charge in [-0.15, -0.1) is 0 Å². The fraction of sp³-hybridized carbons (Fsp3) is 0.250. The minimum absolute atomic E-state index is 0.0425. The predicted molar refractivity (Wildman–Crippen MR) is 116 cm³/mol. The molecule has 1 aromatic heterocycles. The van der Waals surface area contributed by atoms with Gasteiger partial charge in [0.2, 0.25) is 0 Å². The van der Waals surface area contributed by atoms with Crippen LogP contribution in [0, 0.1) is 0 Å². The topological polar surface area (TPSA) is 64.0 Å². The van der Waals surface area contributed by atoms with Crippen LogP contribution in [-0.2, 0) is 22.0 Å². The van der Waals surface area contributed by atoms with Gasteiger partial charge in [0.05, 0.1) is 15.9 Å². The molecule has 8 heteroatoms. The van der Waals surface area contributed by atoms with Crippen molar-refractivity contribution in [1.82, 2.24) is 9.78 Å². The van der Waals surface area contributed by atoms with Crippen molar-refractivity contribution in [3.05, 3.63) is 75.4 Å². The largest absolute Gasteiger partial charge is 0.265 e. The Balaban J connectivity index is 1.79. The summed E-state index contributed by atoms with van der Waals surface area (Å²) in [6.45, 7) is 6.75. The van der Waals surface area contributed by atoms with E-state index in [9.17, 15) is 8.42 Å². The van der Waals surface area contributed by atoms with Crippen LogP contribution in [0.25, 0.3) is 0 Å². The van der Waals surface area contributed by atoms with Gasteiger partial charge in [0.25, 0.3) is 10.0 Å². The second-order valence-electron chi connectivity index (χ2n) is 7.53. The summed E-state index contributed by atoms with van der Waals surface area (Å²) in [6, 6.07) is 14.3. The molecule has 3 rings (SSSR count). The number of halogens is 2. The van der Waals surface area contributed by atoms with E-state index < -0.39 is 10.0 Å². The summed E-state index contributed by atoms with van der Waals surface area (Å²) in [6.07, 6.45) is 1.73. The number of nitrogens with zero attached hydrogens (tertiary/aromatic N) is 2. The summed E-state index contributed by atoms with van der Waals surface area (Å²) in [5.41, 5.74) is 2.03. The molecule has 0 radical (unpaired) electrons. The average molecular weight is 483 g/mol. The molecule has 0 saturated heterocycles. The Labute approximate surface area is 178 Å². The second-order valence-corrected chi connectivity index (χ2v) is 10.5. The SMILES string of the molecule is CC(C)(C)c1ccc(S(=O)(=O)Nc2nn(Cc3ccc(Cl)cc3)cc2Br)cc1. The van der Waals surface area contributed by atoms with Crippen LogP contribution in [0.15, 0.2) is 64.1 Å². The van der Waals surface area contributed by atoms with E-state index in [2.05, 4.69) is 46.5 Å². The molecular weight excluding hydrogens is 462 g/mol. The van der Waals surface area contributed by atoms with Gasteiger partial charge >= 0.3 is 0 Å². The minimum Gasteiger partial charge on any atom is -0.265 e. The van der Waals surface area contributed by atoms with E-state index in [0.29, 0.717) is 16.0 Å². The molecule has 0 spiro atoms. The van der Waals surface area contributed by atoms with E-state index in [-0.39, 0.29) is 16.1 Å².